The van der Waals surface area contributed by atoms with Crippen molar-refractivity contribution in [1.82, 2.24) is 15.5 Å². The van der Waals surface area contributed by atoms with Gasteiger partial charge in [-0.3, -0.25) is 4.79 Å². The number of halogens is 1. The molecule has 1 heterocycles. The Morgan fingerprint density at radius 3 is 2.56 bits per heavy atom. The molecule has 0 radical (unpaired) electrons. The maximum Gasteiger partial charge on any atom is 0.272 e. The number of methoxy groups -OCH3 is 1. The quantitative estimate of drug-likeness (QED) is 0.670. The molecule has 0 aliphatic rings. The summed E-state index contributed by atoms with van der Waals surface area (Å²) < 4.78 is 5.33. The molecular weight excluding hydrogens is 364 g/mol. The minimum Gasteiger partial charge on any atom is -0.495 e. The number of aryl methyl sites for hydroxylation is 1. The minimum absolute atomic E-state index is 0.246. The van der Waals surface area contributed by atoms with Gasteiger partial charge in [-0.2, -0.15) is 0 Å². The van der Waals surface area contributed by atoms with E-state index in [9.17, 15) is 4.79 Å². The fraction of sp³-hybridized carbons (Fsp3) is 0.150. The molecule has 3 rings (SSSR count). The fourth-order valence-electron chi connectivity index (χ4n) is 2.46. The van der Waals surface area contributed by atoms with Gasteiger partial charge in [0.25, 0.3) is 5.91 Å². The van der Waals surface area contributed by atoms with E-state index in [1.807, 2.05) is 43.3 Å². The van der Waals surface area contributed by atoms with Gasteiger partial charge < -0.3 is 15.4 Å². The zero-order valence-electron chi connectivity index (χ0n) is 15.0. The highest BCUT2D eigenvalue weighted by Gasteiger charge is 2.11. The van der Waals surface area contributed by atoms with E-state index in [0.717, 1.165) is 16.8 Å². The van der Waals surface area contributed by atoms with Crippen LogP contribution in [0, 0.1) is 6.92 Å². The number of rotatable bonds is 6. The van der Waals surface area contributed by atoms with Gasteiger partial charge >= 0.3 is 0 Å². The smallest absolute Gasteiger partial charge is 0.272 e. The Morgan fingerprint density at radius 2 is 1.89 bits per heavy atom. The van der Waals surface area contributed by atoms with Crippen LogP contribution in [0.3, 0.4) is 0 Å². The van der Waals surface area contributed by atoms with Crippen LogP contribution in [0.2, 0.25) is 5.02 Å². The van der Waals surface area contributed by atoms with Crippen LogP contribution in [0.4, 0.5) is 11.5 Å². The lowest BCUT2D eigenvalue weighted by Crippen LogP contribution is -2.24. The van der Waals surface area contributed by atoms with Gasteiger partial charge in [-0.05, 0) is 36.2 Å². The molecule has 0 aliphatic carbocycles. The lowest BCUT2D eigenvalue weighted by atomic mass is 10.2. The van der Waals surface area contributed by atoms with Crippen LogP contribution >= 0.6 is 11.6 Å². The van der Waals surface area contributed by atoms with Gasteiger partial charge in [0.2, 0.25) is 0 Å². The van der Waals surface area contributed by atoms with Gasteiger partial charge in [-0.15, -0.1) is 10.2 Å². The van der Waals surface area contributed by atoms with E-state index in [1.54, 1.807) is 25.3 Å². The molecule has 0 spiro atoms. The largest absolute Gasteiger partial charge is 0.495 e. The molecule has 7 heteroatoms. The molecule has 0 fully saturated rings. The molecule has 1 aromatic heterocycles. The second kappa shape index (κ2) is 8.51. The van der Waals surface area contributed by atoms with E-state index in [1.165, 1.54) is 0 Å². The van der Waals surface area contributed by atoms with E-state index < -0.39 is 0 Å². The highest BCUT2D eigenvalue weighted by atomic mass is 35.5. The van der Waals surface area contributed by atoms with Gasteiger partial charge in [0.05, 0.1) is 12.8 Å². The lowest BCUT2D eigenvalue weighted by molar-refractivity contribution is 0.0945. The van der Waals surface area contributed by atoms with Crippen LogP contribution in [0.25, 0.3) is 0 Å². The molecule has 2 N–H and O–H groups in total. The van der Waals surface area contributed by atoms with Crippen molar-refractivity contribution < 1.29 is 9.53 Å². The Kier molecular flexibility index (Phi) is 5.88. The molecule has 6 nitrogen and oxygen atoms in total. The summed E-state index contributed by atoms with van der Waals surface area (Å²) in [4.78, 5) is 12.2. The molecule has 27 heavy (non-hydrogen) atoms. The first-order valence-corrected chi connectivity index (χ1v) is 8.71. The average Bonchev–Trinajstić information content (AvgIpc) is 2.70. The van der Waals surface area contributed by atoms with Crippen molar-refractivity contribution in [3.05, 3.63) is 76.4 Å². The second-order valence-corrected chi connectivity index (χ2v) is 6.31. The number of hydrogen-bond acceptors (Lipinski definition) is 5. The summed E-state index contributed by atoms with van der Waals surface area (Å²) in [7, 11) is 1.57. The normalized spacial score (nSPS) is 10.3. The number of carbonyl (C=O) groups excluding carboxylic acids is 1. The number of benzene rings is 2. The van der Waals surface area contributed by atoms with E-state index >= 15 is 0 Å². The zero-order chi connectivity index (χ0) is 19.2. The Hall–Kier alpha value is -3.12. The SMILES string of the molecule is COc1cc(Cl)c(C)cc1Nc1ccc(C(=O)NCc2ccccc2)nn1. The number of nitrogens with one attached hydrogen (secondary N) is 2. The third-order valence-corrected chi connectivity index (χ3v) is 4.34. The summed E-state index contributed by atoms with van der Waals surface area (Å²) >= 11 is 6.12. The van der Waals surface area contributed by atoms with Crippen molar-refractivity contribution in [1.29, 1.82) is 0 Å². The number of amides is 1. The maximum atomic E-state index is 12.2. The predicted molar refractivity (Wildman–Crippen MR) is 106 cm³/mol. The van der Waals surface area contributed by atoms with E-state index in [-0.39, 0.29) is 11.6 Å². The van der Waals surface area contributed by atoms with Crippen molar-refractivity contribution in [2.45, 2.75) is 13.5 Å². The van der Waals surface area contributed by atoms with Crippen molar-refractivity contribution in [2.24, 2.45) is 0 Å². The van der Waals surface area contributed by atoms with Crippen molar-refractivity contribution in [3.63, 3.8) is 0 Å². The first kappa shape index (κ1) is 18.7. The fourth-order valence-corrected chi connectivity index (χ4v) is 2.61. The summed E-state index contributed by atoms with van der Waals surface area (Å²) in [5, 5.41) is 14.6. The monoisotopic (exact) mass is 382 g/mol. The number of carbonyl (C=O) groups is 1. The van der Waals surface area contributed by atoms with Gasteiger partial charge in [-0.25, -0.2) is 0 Å². The Labute approximate surface area is 162 Å². The van der Waals surface area contributed by atoms with Crippen LogP contribution in [0.15, 0.2) is 54.6 Å². The van der Waals surface area contributed by atoms with Gasteiger partial charge in [0, 0.05) is 17.6 Å². The number of hydrogen-bond donors (Lipinski definition) is 2. The molecule has 0 bridgehead atoms. The highest BCUT2D eigenvalue weighted by Crippen LogP contribution is 2.32. The van der Waals surface area contributed by atoms with Gasteiger partial charge in [0.1, 0.15) is 5.75 Å². The van der Waals surface area contributed by atoms with Gasteiger partial charge in [0.15, 0.2) is 11.5 Å². The number of nitrogens with zero attached hydrogens (tertiary/aromatic N) is 2. The molecule has 0 aliphatic heterocycles. The molecule has 3 aromatic rings. The van der Waals surface area contributed by atoms with Crippen LogP contribution in [-0.4, -0.2) is 23.2 Å². The summed E-state index contributed by atoms with van der Waals surface area (Å²) in [5.41, 5.74) is 2.89. The predicted octanol–water partition coefficient (Wildman–Crippen LogP) is 4.12. The maximum absolute atomic E-state index is 12.2. The lowest BCUT2D eigenvalue weighted by Gasteiger charge is -2.12. The Bertz CT molecular complexity index is 931. The van der Waals surface area contributed by atoms with Crippen molar-refractivity contribution >= 4 is 29.0 Å². The topological polar surface area (TPSA) is 76.1 Å². The van der Waals surface area contributed by atoms with Crippen molar-refractivity contribution in [2.75, 3.05) is 12.4 Å². The van der Waals surface area contributed by atoms with E-state index in [4.69, 9.17) is 16.3 Å². The molecular formula is C20H19ClN4O2. The van der Waals surface area contributed by atoms with Gasteiger partial charge in [-0.1, -0.05) is 41.9 Å². The van der Waals surface area contributed by atoms with Crippen LogP contribution < -0.4 is 15.4 Å². The second-order valence-electron chi connectivity index (χ2n) is 5.90. The standard InChI is InChI=1S/C20H19ClN4O2/c1-13-10-17(18(27-2)11-15(13)21)23-19-9-8-16(24-25-19)20(26)22-12-14-6-4-3-5-7-14/h3-11H,12H2,1-2H3,(H,22,26)(H,23,25). The molecule has 0 saturated carbocycles. The van der Waals surface area contributed by atoms with Crippen LogP contribution in [0.1, 0.15) is 21.6 Å². The number of anilines is 2. The first-order valence-electron chi connectivity index (χ1n) is 8.34. The Morgan fingerprint density at radius 1 is 1.11 bits per heavy atom. The molecule has 0 atom stereocenters. The summed E-state index contributed by atoms with van der Waals surface area (Å²) in [6.07, 6.45) is 0. The minimum atomic E-state index is -0.280. The van der Waals surface area contributed by atoms with Crippen LogP contribution in [0.5, 0.6) is 5.75 Å². The molecule has 0 saturated heterocycles. The third-order valence-electron chi connectivity index (χ3n) is 3.94. The van der Waals surface area contributed by atoms with Crippen molar-refractivity contribution in [3.8, 4) is 5.75 Å². The molecule has 138 valence electrons. The summed E-state index contributed by atoms with van der Waals surface area (Å²) in [5.74, 6) is 0.810. The number of aromatic nitrogens is 2. The first-order chi connectivity index (χ1) is 13.1. The summed E-state index contributed by atoms with van der Waals surface area (Å²) in [6.45, 7) is 2.33. The summed E-state index contributed by atoms with van der Waals surface area (Å²) in [6, 6.07) is 16.6. The zero-order valence-corrected chi connectivity index (χ0v) is 15.7. The van der Waals surface area contributed by atoms with Crippen LogP contribution in [-0.2, 0) is 6.54 Å². The van der Waals surface area contributed by atoms with E-state index in [2.05, 4.69) is 20.8 Å². The molecule has 1 amide bonds. The van der Waals surface area contributed by atoms with E-state index in [0.29, 0.717) is 23.1 Å². The molecule has 2 aromatic carbocycles. The molecule has 0 unspecified atom stereocenters. The average molecular weight is 383 g/mol. The third kappa shape index (κ3) is 4.74. The Balaban J connectivity index is 1.67. The number of ether oxygens (including phenoxy) is 1. The highest BCUT2D eigenvalue weighted by molar-refractivity contribution is 6.31.